The van der Waals surface area contributed by atoms with Crippen LogP contribution in [-0.2, 0) is 6.42 Å². The van der Waals surface area contributed by atoms with E-state index in [1.807, 2.05) is 55.5 Å². The van der Waals surface area contributed by atoms with Crippen molar-refractivity contribution in [2.24, 2.45) is 0 Å². The van der Waals surface area contributed by atoms with Gasteiger partial charge in [-0.1, -0.05) is 54.6 Å². The molecule has 1 aliphatic rings. The molecular weight excluding hydrogens is 308 g/mol. The number of carbonyl (C=O) groups excluding carboxylic acids is 1. The number of aryl methyl sites for hydroxylation is 1. The van der Waals surface area contributed by atoms with E-state index in [-0.39, 0.29) is 5.78 Å². The Morgan fingerprint density at radius 2 is 1.76 bits per heavy atom. The molecule has 3 aromatic carbocycles. The Balaban J connectivity index is 1.86. The second-order valence-electron chi connectivity index (χ2n) is 6.29. The van der Waals surface area contributed by atoms with Gasteiger partial charge in [0, 0.05) is 16.7 Å². The quantitative estimate of drug-likeness (QED) is 0.598. The number of benzene rings is 3. The Hall–Kier alpha value is -2.87. The topological polar surface area (TPSA) is 26.3 Å². The molecule has 124 valence electrons. The molecule has 0 amide bonds. The summed E-state index contributed by atoms with van der Waals surface area (Å²) in [6, 6.07) is 20.2. The molecule has 0 radical (unpaired) electrons. The van der Waals surface area contributed by atoms with Crippen molar-refractivity contribution in [1.29, 1.82) is 0 Å². The smallest absolute Gasteiger partial charge is 0.189 e. The first-order valence-corrected chi connectivity index (χ1v) is 8.75. The predicted octanol–water partition coefficient (Wildman–Crippen LogP) is 5.45. The van der Waals surface area contributed by atoms with Crippen LogP contribution < -0.4 is 4.74 Å². The number of ether oxygens (including phenoxy) is 1. The van der Waals surface area contributed by atoms with Crippen molar-refractivity contribution in [3.05, 3.63) is 82.9 Å². The van der Waals surface area contributed by atoms with Crippen molar-refractivity contribution in [3.8, 4) is 5.75 Å². The van der Waals surface area contributed by atoms with Crippen LogP contribution in [0.2, 0.25) is 0 Å². The van der Waals surface area contributed by atoms with Crippen LogP contribution in [0.5, 0.6) is 5.75 Å². The summed E-state index contributed by atoms with van der Waals surface area (Å²) in [5, 5.41) is 2.27. The third-order valence-electron chi connectivity index (χ3n) is 4.77. The lowest BCUT2D eigenvalue weighted by Crippen LogP contribution is -2.13. The summed E-state index contributed by atoms with van der Waals surface area (Å²) >= 11 is 0. The van der Waals surface area contributed by atoms with Crippen LogP contribution in [0.25, 0.3) is 16.8 Å². The molecule has 0 saturated heterocycles. The first kappa shape index (κ1) is 15.6. The molecule has 0 atom stereocenters. The molecule has 0 bridgehead atoms. The Kier molecular flexibility index (Phi) is 4.10. The second-order valence-corrected chi connectivity index (χ2v) is 6.29. The zero-order valence-electron chi connectivity index (χ0n) is 14.3. The molecule has 3 aromatic rings. The van der Waals surface area contributed by atoms with Crippen molar-refractivity contribution in [2.75, 3.05) is 6.61 Å². The van der Waals surface area contributed by atoms with E-state index in [9.17, 15) is 4.79 Å². The van der Waals surface area contributed by atoms with Gasteiger partial charge in [-0.3, -0.25) is 4.79 Å². The molecule has 1 aliphatic carbocycles. The zero-order chi connectivity index (χ0) is 17.2. The van der Waals surface area contributed by atoms with Crippen LogP contribution in [0.1, 0.15) is 34.8 Å². The van der Waals surface area contributed by atoms with Crippen LogP contribution in [0, 0.1) is 0 Å². The van der Waals surface area contributed by atoms with Gasteiger partial charge >= 0.3 is 0 Å². The van der Waals surface area contributed by atoms with E-state index in [1.54, 1.807) is 0 Å². The highest BCUT2D eigenvalue weighted by atomic mass is 16.5. The van der Waals surface area contributed by atoms with Crippen LogP contribution in [0.3, 0.4) is 0 Å². The number of carbonyl (C=O) groups is 1. The molecule has 0 unspecified atom stereocenters. The van der Waals surface area contributed by atoms with Crippen molar-refractivity contribution in [1.82, 2.24) is 0 Å². The van der Waals surface area contributed by atoms with E-state index in [0.717, 1.165) is 51.6 Å². The van der Waals surface area contributed by atoms with Gasteiger partial charge in [-0.25, -0.2) is 0 Å². The number of hydrogen-bond donors (Lipinski definition) is 0. The molecule has 2 heteroatoms. The fourth-order valence-electron chi connectivity index (χ4n) is 3.53. The lowest BCUT2D eigenvalue weighted by atomic mass is 9.85. The van der Waals surface area contributed by atoms with Gasteiger partial charge in [0.05, 0.1) is 6.61 Å². The first-order valence-electron chi connectivity index (χ1n) is 8.75. The van der Waals surface area contributed by atoms with E-state index >= 15 is 0 Å². The fraction of sp³-hybridized carbons (Fsp3) is 0.174. The summed E-state index contributed by atoms with van der Waals surface area (Å²) < 4.78 is 5.84. The van der Waals surface area contributed by atoms with Crippen LogP contribution >= 0.6 is 0 Å². The molecule has 0 aromatic heterocycles. The summed E-state index contributed by atoms with van der Waals surface area (Å²) in [5.74, 6) is 0.970. The maximum absolute atomic E-state index is 12.9. The van der Waals surface area contributed by atoms with Crippen LogP contribution in [-0.4, -0.2) is 12.4 Å². The Labute approximate surface area is 147 Å². The number of hydrogen-bond acceptors (Lipinski definition) is 2. The third-order valence-corrected chi connectivity index (χ3v) is 4.77. The standard InChI is InChI=1S/C23H20O2/c1-2-25-22-14-13-16-7-3-5-9-19(16)21(22)15-18-12-11-17-8-4-6-10-20(17)23(18)24/h3-10,13-15H,2,11-12H2,1H3/b18-15+. The molecule has 0 saturated carbocycles. The molecule has 25 heavy (non-hydrogen) atoms. The van der Waals surface area contributed by atoms with E-state index < -0.39 is 0 Å². The minimum atomic E-state index is 0.136. The van der Waals surface area contributed by atoms with Gasteiger partial charge in [0.25, 0.3) is 0 Å². The summed E-state index contributed by atoms with van der Waals surface area (Å²) in [5.41, 5.74) is 3.84. The normalized spacial score (nSPS) is 15.4. The van der Waals surface area contributed by atoms with Gasteiger partial charge < -0.3 is 4.74 Å². The maximum atomic E-state index is 12.9. The average molecular weight is 328 g/mol. The number of ketones is 1. The predicted molar refractivity (Wildman–Crippen MR) is 102 cm³/mol. The number of fused-ring (bicyclic) bond motifs is 2. The largest absolute Gasteiger partial charge is 0.493 e. The summed E-state index contributed by atoms with van der Waals surface area (Å²) in [6.45, 7) is 2.58. The van der Waals surface area contributed by atoms with Gasteiger partial charge in [0.2, 0.25) is 0 Å². The summed E-state index contributed by atoms with van der Waals surface area (Å²) in [6.07, 6.45) is 3.71. The second kappa shape index (κ2) is 6.56. The Morgan fingerprint density at radius 3 is 2.64 bits per heavy atom. The maximum Gasteiger partial charge on any atom is 0.189 e. The van der Waals surface area contributed by atoms with Crippen LogP contribution in [0.15, 0.2) is 66.2 Å². The van der Waals surface area contributed by atoms with E-state index in [1.165, 1.54) is 0 Å². The first-order chi connectivity index (χ1) is 12.3. The lowest BCUT2D eigenvalue weighted by molar-refractivity contribution is 0.102. The number of allylic oxidation sites excluding steroid dienone is 1. The van der Waals surface area contributed by atoms with E-state index in [2.05, 4.69) is 18.2 Å². The highest BCUT2D eigenvalue weighted by Crippen LogP contribution is 2.33. The van der Waals surface area contributed by atoms with Gasteiger partial charge in [0.1, 0.15) is 5.75 Å². The van der Waals surface area contributed by atoms with Gasteiger partial charge in [-0.05, 0) is 48.2 Å². The number of rotatable bonds is 3. The molecule has 0 aliphatic heterocycles. The average Bonchev–Trinajstić information content (AvgIpc) is 2.66. The highest BCUT2D eigenvalue weighted by molar-refractivity contribution is 6.14. The van der Waals surface area contributed by atoms with Gasteiger partial charge in [0.15, 0.2) is 5.78 Å². The zero-order valence-corrected chi connectivity index (χ0v) is 14.3. The summed E-state index contributed by atoms with van der Waals surface area (Å²) in [4.78, 5) is 12.9. The summed E-state index contributed by atoms with van der Waals surface area (Å²) in [7, 11) is 0. The molecule has 0 N–H and O–H groups in total. The molecule has 4 rings (SSSR count). The van der Waals surface area contributed by atoms with E-state index in [0.29, 0.717) is 6.61 Å². The van der Waals surface area contributed by atoms with Gasteiger partial charge in [-0.15, -0.1) is 0 Å². The van der Waals surface area contributed by atoms with E-state index in [4.69, 9.17) is 4.74 Å². The third kappa shape index (κ3) is 2.85. The fourth-order valence-corrected chi connectivity index (χ4v) is 3.53. The molecule has 0 heterocycles. The SMILES string of the molecule is CCOc1ccc2ccccc2c1/C=C1\CCc2ccccc2C1=O. The van der Waals surface area contributed by atoms with Gasteiger partial charge in [-0.2, -0.15) is 0 Å². The molecule has 0 spiro atoms. The number of Topliss-reactive ketones (excluding diaryl/α,β-unsaturated/α-hetero) is 1. The van der Waals surface area contributed by atoms with Crippen molar-refractivity contribution in [2.45, 2.75) is 19.8 Å². The van der Waals surface area contributed by atoms with Crippen LogP contribution in [0.4, 0.5) is 0 Å². The molecular formula is C23H20O2. The Morgan fingerprint density at radius 1 is 0.960 bits per heavy atom. The molecule has 2 nitrogen and oxygen atoms in total. The lowest BCUT2D eigenvalue weighted by Gasteiger charge is -2.18. The Bertz CT molecular complexity index is 982. The highest BCUT2D eigenvalue weighted by Gasteiger charge is 2.22. The van der Waals surface area contributed by atoms with Crippen molar-refractivity contribution in [3.63, 3.8) is 0 Å². The minimum Gasteiger partial charge on any atom is -0.493 e. The van der Waals surface area contributed by atoms with Crippen molar-refractivity contribution >= 4 is 22.6 Å². The monoisotopic (exact) mass is 328 g/mol. The minimum absolute atomic E-state index is 0.136. The van der Waals surface area contributed by atoms with Crippen molar-refractivity contribution < 1.29 is 9.53 Å². The molecule has 0 fully saturated rings.